The lowest BCUT2D eigenvalue weighted by Crippen LogP contribution is -2.39. The van der Waals surface area contributed by atoms with Crippen LogP contribution in [0, 0.1) is 12.8 Å². The zero-order chi connectivity index (χ0) is 26.1. The summed E-state index contributed by atoms with van der Waals surface area (Å²) in [5, 5.41) is 5.98. The molecule has 1 aliphatic carbocycles. The van der Waals surface area contributed by atoms with Crippen molar-refractivity contribution in [2.75, 3.05) is 31.5 Å². The maximum atomic E-state index is 12.9. The molecule has 3 aromatic rings. The molecule has 2 N–H and O–H groups in total. The molecular weight excluding hydrogens is 474 g/mol. The van der Waals surface area contributed by atoms with Crippen molar-refractivity contribution in [2.24, 2.45) is 5.92 Å². The molecule has 1 atom stereocenters. The lowest BCUT2D eigenvalue weighted by molar-refractivity contribution is -0.120. The fraction of sp³-hybridized carbons (Fsp3) is 0.419. The quantitative estimate of drug-likeness (QED) is 0.505. The number of hydrogen-bond donors (Lipinski definition) is 2. The number of amides is 2. The third-order valence-corrected chi connectivity index (χ3v) is 8.67. The zero-order valence-corrected chi connectivity index (χ0v) is 22.0. The number of likely N-dealkylation sites (tertiary alicyclic amines) is 1. The maximum absolute atomic E-state index is 12.9. The Bertz CT molecular complexity index is 1350. The molecular formula is C31H35N5O2. The number of nitrogens with zero attached hydrogens (tertiary/aromatic N) is 3. The first-order chi connectivity index (χ1) is 18.5. The normalized spacial score (nSPS) is 20.8. The minimum absolute atomic E-state index is 0.0210. The van der Waals surface area contributed by atoms with E-state index in [-0.39, 0.29) is 11.8 Å². The Kier molecular flexibility index (Phi) is 6.70. The lowest BCUT2D eigenvalue weighted by Gasteiger charge is -2.32. The predicted molar refractivity (Wildman–Crippen MR) is 147 cm³/mol. The third kappa shape index (κ3) is 4.83. The van der Waals surface area contributed by atoms with Crippen molar-refractivity contribution < 1.29 is 9.59 Å². The number of pyridine rings is 2. The summed E-state index contributed by atoms with van der Waals surface area (Å²) in [7, 11) is 0. The van der Waals surface area contributed by atoms with Crippen LogP contribution in [-0.4, -0.2) is 52.9 Å². The summed E-state index contributed by atoms with van der Waals surface area (Å²) in [6.45, 7) is 5.77. The van der Waals surface area contributed by atoms with Crippen molar-refractivity contribution in [1.29, 1.82) is 0 Å². The standard InChI is InChI=1S/C31H35N5O2/c1-21-4-6-22(7-5-21)8-9-23-10-14-36(15-11-23)16-13-33-29(37)27-17-24-18-31(19-25(24)20-34-27)26-3-2-12-32-28(26)35-30(31)38/h2-7,12,17,20,23H,8-11,13-16,18-19H2,1H3,(H,33,37)(H,32,35,38). The Hall–Kier alpha value is -3.58. The highest BCUT2D eigenvalue weighted by Gasteiger charge is 2.51. The van der Waals surface area contributed by atoms with Gasteiger partial charge in [0, 0.05) is 31.0 Å². The molecule has 4 heterocycles. The molecule has 38 heavy (non-hydrogen) atoms. The van der Waals surface area contributed by atoms with Gasteiger partial charge in [-0.3, -0.25) is 14.6 Å². The van der Waals surface area contributed by atoms with E-state index in [4.69, 9.17) is 0 Å². The summed E-state index contributed by atoms with van der Waals surface area (Å²) >= 11 is 0. The van der Waals surface area contributed by atoms with Gasteiger partial charge in [0.25, 0.3) is 5.91 Å². The fourth-order valence-corrected chi connectivity index (χ4v) is 6.32. The number of rotatable bonds is 7. The van der Waals surface area contributed by atoms with Gasteiger partial charge in [-0.05, 0) is 93.3 Å². The highest BCUT2D eigenvalue weighted by atomic mass is 16.2. The first kappa shape index (κ1) is 24.7. The molecule has 0 bridgehead atoms. The minimum atomic E-state index is -0.644. The van der Waals surface area contributed by atoms with E-state index in [9.17, 15) is 9.59 Å². The van der Waals surface area contributed by atoms with Crippen molar-refractivity contribution in [3.05, 3.63) is 88.4 Å². The molecule has 0 radical (unpaired) electrons. The van der Waals surface area contributed by atoms with Crippen LogP contribution in [-0.2, 0) is 29.5 Å². The summed E-state index contributed by atoms with van der Waals surface area (Å²) in [5.41, 5.74) is 5.51. The van der Waals surface area contributed by atoms with Crippen LogP contribution in [0.4, 0.5) is 5.82 Å². The first-order valence-corrected chi connectivity index (χ1v) is 13.8. The Labute approximate surface area is 224 Å². The second-order valence-electron chi connectivity index (χ2n) is 11.2. The van der Waals surface area contributed by atoms with Gasteiger partial charge >= 0.3 is 0 Å². The third-order valence-electron chi connectivity index (χ3n) is 8.67. The monoisotopic (exact) mass is 509 g/mol. The summed E-state index contributed by atoms with van der Waals surface area (Å²) in [5.74, 6) is 1.25. The van der Waals surface area contributed by atoms with Gasteiger partial charge < -0.3 is 15.5 Å². The van der Waals surface area contributed by atoms with Gasteiger partial charge in [0.2, 0.25) is 5.91 Å². The highest BCUT2D eigenvalue weighted by Crippen LogP contribution is 2.46. The molecule has 1 aromatic carbocycles. The van der Waals surface area contributed by atoms with Crippen LogP contribution in [0.15, 0.2) is 54.9 Å². The fourth-order valence-electron chi connectivity index (χ4n) is 6.32. The molecule has 2 aromatic heterocycles. The van der Waals surface area contributed by atoms with Crippen molar-refractivity contribution in [3.63, 3.8) is 0 Å². The molecule has 196 valence electrons. The molecule has 1 fully saturated rings. The SMILES string of the molecule is Cc1ccc(CCC2CCN(CCNC(=O)c3cc4c(cn3)CC3(C4)C(=O)Nc4ncccc43)CC2)cc1. The van der Waals surface area contributed by atoms with Gasteiger partial charge in [0.15, 0.2) is 0 Å². The van der Waals surface area contributed by atoms with E-state index < -0.39 is 5.41 Å². The molecule has 2 aliphatic heterocycles. The van der Waals surface area contributed by atoms with E-state index in [0.29, 0.717) is 30.9 Å². The zero-order valence-electron chi connectivity index (χ0n) is 22.0. The van der Waals surface area contributed by atoms with Crippen LogP contribution >= 0.6 is 0 Å². The van der Waals surface area contributed by atoms with Crippen molar-refractivity contribution in [2.45, 2.75) is 50.9 Å². The average molecular weight is 510 g/mol. The topological polar surface area (TPSA) is 87.2 Å². The van der Waals surface area contributed by atoms with Crippen LogP contribution in [0.5, 0.6) is 0 Å². The molecule has 1 saturated heterocycles. The Balaban J connectivity index is 0.971. The average Bonchev–Trinajstić information content (AvgIpc) is 3.46. The number of aryl methyl sites for hydroxylation is 2. The number of fused-ring (bicyclic) bond motifs is 3. The van der Waals surface area contributed by atoms with E-state index in [1.54, 1.807) is 12.4 Å². The molecule has 1 unspecified atom stereocenters. The largest absolute Gasteiger partial charge is 0.349 e. The second kappa shape index (κ2) is 10.3. The van der Waals surface area contributed by atoms with Crippen LogP contribution in [0.2, 0.25) is 0 Å². The molecule has 1 spiro atoms. The van der Waals surface area contributed by atoms with E-state index in [1.165, 1.54) is 30.4 Å². The second-order valence-corrected chi connectivity index (χ2v) is 11.2. The van der Waals surface area contributed by atoms with Gasteiger partial charge in [-0.2, -0.15) is 0 Å². The molecule has 7 heteroatoms. The van der Waals surface area contributed by atoms with Crippen molar-refractivity contribution in [3.8, 4) is 0 Å². The Morgan fingerprint density at radius 3 is 2.71 bits per heavy atom. The van der Waals surface area contributed by atoms with Gasteiger partial charge in [-0.1, -0.05) is 35.9 Å². The number of nitrogens with one attached hydrogen (secondary N) is 2. The van der Waals surface area contributed by atoms with E-state index >= 15 is 0 Å². The van der Waals surface area contributed by atoms with E-state index in [2.05, 4.69) is 56.7 Å². The number of aromatic nitrogens is 2. The van der Waals surface area contributed by atoms with E-state index in [1.807, 2.05) is 18.2 Å². The van der Waals surface area contributed by atoms with Crippen molar-refractivity contribution >= 4 is 17.6 Å². The molecule has 0 saturated carbocycles. The number of carbonyl (C=O) groups is 2. The number of anilines is 1. The van der Waals surface area contributed by atoms with Gasteiger partial charge in [0.05, 0.1) is 5.41 Å². The van der Waals surface area contributed by atoms with Crippen LogP contribution in [0.1, 0.15) is 57.6 Å². The maximum Gasteiger partial charge on any atom is 0.269 e. The molecule has 2 amide bonds. The Morgan fingerprint density at radius 2 is 1.89 bits per heavy atom. The predicted octanol–water partition coefficient (Wildman–Crippen LogP) is 3.85. The number of benzene rings is 1. The lowest BCUT2D eigenvalue weighted by atomic mass is 9.79. The van der Waals surface area contributed by atoms with E-state index in [0.717, 1.165) is 48.7 Å². The number of piperidine rings is 1. The number of hydrogen-bond acceptors (Lipinski definition) is 5. The summed E-state index contributed by atoms with van der Waals surface area (Å²) in [6.07, 6.45) is 9.46. The highest BCUT2D eigenvalue weighted by molar-refractivity contribution is 6.06. The molecule has 7 nitrogen and oxygen atoms in total. The van der Waals surface area contributed by atoms with Crippen LogP contribution in [0.25, 0.3) is 0 Å². The van der Waals surface area contributed by atoms with Crippen LogP contribution < -0.4 is 10.6 Å². The molecule has 6 rings (SSSR count). The van der Waals surface area contributed by atoms with Crippen LogP contribution in [0.3, 0.4) is 0 Å². The minimum Gasteiger partial charge on any atom is -0.349 e. The smallest absolute Gasteiger partial charge is 0.269 e. The summed E-state index contributed by atoms with van der Waals surface area (Å²) in [4.78, 5) is 37.0. The van der Waals surface area contributed by atoms with Gasteiger partial charge in [-0.15, -0.1) is 0 Å². The number of carbonyl (C=O) groups excluding carboxylic acids is 2. The molecule has 3 aliphatic rings. The van der Waals surface area contributed by atoms with Crippen molar-refractivity contribution in [1.82, 2.24) is 20.2 Å². The first-order valence-electron chi connectivity index (χ1n) is 13.8. The van der Waals surface area contributed by atoms with Gasteiger partial charge in [0.1, 0.15) is 11.5 Å². The Morgan fingerprint density at radius 1 is 1.11 bits per heavy atom. The van der Waals surface area contributed by atoms with Gasteiger partial charge in [-0.25, -0.2) is 4.98 Å². The summed E-state index contributed by atoms with van der Waals surface area (Å²) in [6, 6.07) is 14.6. The summed E-state index contributed by atoms with van der Waals surface area (Å²) < 4.78 is 0.